The highest BCUT2D eigenvalue weighted by atomic mass is 35.5. The van der Waals surface area contributed by atoms with Gasteiger partial charge in [0.15, 0.2) is 0 Å². The van der Waals surface area contributed by atoms with Gasteiger partial charge in [0, 0.05) is 13.0 Å². The summed E-state index contributed by atoms with van der Waals surface area (Å²) in [6, 6.07) is 0. The first-order chi connectivity index (χ1) is 7.78. The molecule has 0 fully saturated rings. The minimum Gasteiger partial charge on any atom is -0.355 e. The number of halogens is 1. The van der Waals surface area contributed by atoms with Gasteiger partial charge in [-0.3, -0.25) is 4.79 Å². The van der Waals surface area contributed by atoms with Gasteiger partial charge in [-0.2, -0.15) is 0 Å². The number of hydrogen-bond acceptors (Lipinski definition) is 1. The number of hydrogen-bond donors (Lipinski definition) is 1. The summed E-state index contributed by atoms with van der Waals surface area (Å²) in [5.74, 6) is 2.63. The van der Waals surface area contributed by atoms with Gasteiger partial charge in [-0.15, -0.1) is 23.9 Å². The lowest BCUT2D eigenvalue weighted by molar-refractivity contribution is -0.119. The third kappa shape index (κ3) is 6.58. The Hall–Kier alpha value is -0.680. The average Bonchev–Trinajstić information content (AvgIpc) is 2.25. The molecule has 0 aliphatic carbocycles. The van der Waals surface area contributed by atoms with Crippen LogP contribution in [0.15, 0.2) is 0 Å². The summed E-state index contributed by atoms with van der Waals surface area (Å²) in [6.07, 6.45) is 8.13. The molecule has 0 radical (unpaired) electrons. The average molecular weight is 258 g/mol. The van der Waals surface area contributed by atoms with E-state index in [-0.39, 0.29) is 22.6 Å². The predicted molar refractivity (Wildman–Crippen MR) is 74.0 cm³/mol. The Labute approximate surface area is 110 Å². The maximum absolute atomic E-state index is 11.2. The van der Waals surface area contributed by atoms with E-state index in [1.54, 1.807) is 0 Å². The normalized spacial score (nSPS) is 14.8. The zero-order chi connectivity index (χ0) is 13.5. The van der Waals surface area contributed by atoms with E-state index >= 15 is 0 Å². The lowest BCUT2D eigenvalue weighted by Gasteiger charge is -2.36. The molecule has 0 aromatic rings. The van der Waals surface area contributed by atoms with Crippen molar-refractivity contribution in [2.75, 3.05) is 12.4 Å². The molecular formula is C14H24ClNO. The van der Waals surface area contributed by atoms with E-state index in [0.29, 0.717) is 6.54 Å². The van der Waals surface area contributed by atoms with Gasteiger partial charge in [-0.05, 0) is 23.7 Å². The highest BCUT2D eigenvalue weighted by Gasteiger charge is 2.30. The van der Waals surface area contributed by atoms with E-state index < -0.39 is 0 Å². The van der Waals surface area contributed by atoms with Crippen LogP contribution in [0, 0.1) is 23.2 Å². The Kier molecular flexibility index (Phi) is 6.64. The van der Waals surface area contributed by atoms with E-state index in [2.05, 4.69) is 38.9 Å². The molecule has 0 aromatic heterocycles. The molecule has 1 atom stereocenters. The molecule has 1 unspecified atom stereocenters. The van der Waals surface area contributed by atoms with Crippen LogP contribution in [-0.4, -0.2) is 18.3 Å². The lowest BCUT2D eigenvalue weighted by atomic mass is 9.71. The maximum atomic E-state index is 11.2. The smallest absolute Gasteiger partial charge is 0.234 e. The molecule has 0 rings (SSSR count). The topological polar surface area (TPSA) is 29.1 Å². The van der Waals surface area contributed by atoms with Gasteiger partial charge in [0.2, 0.25) is 5.91 Å². The van der Waals surface area contributed by atoms with E-state index in [1.807, 2.05) is 0 Å². The molecule has 0 aliphatic rings. The van der Waals surface area contributed by atoms with Crippen LogP contribution in [0.3, 0.4) is 0 Å². The van der Waals surface area contributed by atoms with Crippen LogP contribution >= 0.6 is 11.6 Å². The zero-order valence-electron chi connectivity index (χ0n) is 11.4. The molecule has 2 nitrogen and oxygen atoms in total. The predicted octanol–water partition coefficient (Wildman–Crippen LogP) is 3.20. The monoisotopic (exact) mass is 257 g/mol. The first-order valence-electron chi connectivity index (χ1n) is 6.05. The van der Waals surface area contributed by atoms with Crippen LogP contribution in [0.25, 0.3) is 0 Å². The van der Waals surface area contributed by atoms with Crippen molar-refractivity contribution in [3.63, 3.8) is 0 Å². The van der Waals surface area contributed by atoms with Crippen molar-refractivity contribution in [3.8, 4) is 12.3 Å². The molecule has 0 aliphatic heterocycles. The third-order valence-corrected chi connectivity index (χ3v) is 3.42. The number of terminal acetylenes is 1. The maximum Gasteiger partial charge on any atom is 0.234 e. The van der Waals surface area contributed by atoms with Crippen molar-refractivity contribution in [2.24, 2.45) is 10.8 Å². The summed E-state index contributed by atoms with van der Waals surface area (Å²) in [4.78, 5) is 11.2. The SMILES string of the molecule is C#CCC(C)(C)CC(C)(CC)CNC(=O)CCl. The zero-order valence-corrected chi connectivity index (χ0v) is 12.2. The summed E-state index contributed by atoms with van der Waals surface area (Å²) in [7, 11) is 0. The fourth-order valence-electron chi connectivity index (χ4n) is 2.17. The summed E-state index contributed by atoms with van der Waals surface area (Å²) >= 11 is 5.47. The van der Waals surface area contributed by atoms with Crippen LogP contribution < -0.4 is 5.32 Å². The van der Waals surface area contributed by atoms with Crippen LogP contribution in [0.2, 0.25) is 0 Å². The molecule has 1 amide bonds. The number of amides is 1. The minimum absolute atomic E-state index is 0.0214. The first-order valence-corrected chi connectivity index (χ1v) is 6.58. The van der Waals surface area contributed by atoms with Gasteiger partial charge in [0.25, 0.3) is 0 Å². The van der Waals surface area contributed by atoms with Crippen molar-refractivity contribution in [1.29, 1.82) is 0 Å². The molecule has 0 saturated carbocycles. The number of nitrogens with one attached hydrogen (secondary N) is 1. The van der Waals surface area contributed by atoms with Crippen LogP contribution in [0.1, 0.15) is 47.0 Å². The number of alkyl halides is 1. The molecule has 3 heteroatoms. The highest BCUT2D eigenvalue weighted by Crippen LogP contribution is 2.37. The standard InChI is InChI=1S/C14H24ClNO/c1-6-8-13(3,4)10-14(5,7-2)11-16-12(17)9-15/h1H,7-11H2,2-5H3,(H,16,17). The Morgan fingerprint density at radius 3 is 2.41 bits per heavy atom. The Balaban J connectivity index is 4.47. The largest absolute Gasteiger partial charge is 0.355 e. The molecule has 1 N–H and O–H groups in total. The van der Waals surface area contributed by atoms with E-state index in [1.165, 1.54) is 0 Å². The molecule has 0 saturated heterocycles. The summed E-state index contributed by atoms with van der Waals surface area (Å²) in [5.41, 5.74) is 0.174. The van der Waals surface area contributed by atoms with E-state index in [4.69, 9.17) is 18.0 Å². The summed E-state index contributed by atoms with van der Waals surface area (Å²) in [6.45, 7) is 9.32. The first kappa shape index (κ1) is 16.3. The second-order valence-corrected chi connectivity index (χ2v) is 6.06. The van der Waals surface area contributed by atoms with E-state index in [9.17, 15) is 4.79 Å². The van der Waals surface area contributed by atoms with Crippen LogP contribution in [0.4, 0.5) is 0 Å². The van der Waals surface area contributed by atoms with Crippen molar-refractivity contribution < 1.29 is 4.79 Å². The van der Waals surface area contributed by atoms with Crippen molar-refractivity contribution in [2.45, 2.75) is 47.0 Å². The van der Waals surface area contributed by atoms with Gasteiger partial charge >= 0.3 is 0 Å². The van der Waals surface area contributed by atoms with Crippen molar-refractivity contribution in [3.05, 3.63) is 0 Å². The molecular weight excluding hydrogens is 234 g/mol. The van der Waals surface area contributed by atoms with Gasteiger partial charge in [0.1, 0.15) is 5.88 Å². The fourth-order valence-corrected chi connectivity index (χ4v) is 2.26. The second-order valence-electron chi connectivity index (χ2n) is 5.80. The van der Waals surface area contributed by atoms with Crippen LogP contribution in [0.5, 0.6) is 0 Å². The Morgan fingerprint density at radius 2 is 2.00 bits per heavy atom. The summed E-state index contributed by atoms with van der Waals surface area (Å²) < 4.78 is 0. The molecule has 0 spiro atoms. The lowest BCUT2D eigenvalue weighted by Crippen LogP contribution is -2.38. The Morgan fingerprint density at radius 1 is 1.41 bits per heavy atom. The number of carbonyl (C=O) groups is 1. The molecule has 98 valence electrons. The molecule has 0 aromatic carbocycles. The molecule has 17 heavy (non-hydrogen) atoms. The second kappa shape index (κ2) is 6.91. The number of rotatable bonds is 7. The third-order valence-electron chi connectivity index (χ3n) is 3.17. The van der Waals surface area contributed by atoms with Gasteiger partial charge in [-0.1, -0.05) is 27.7 Å². The fraction of sp³-hybridized carbons (Fsp3) is 0.786. The highest BCUT2D eigenvalue weighted by molar-refractivity contribution is 6.27. The van der Waals surface area contributed by atoms with Crippen LogP contribution in [-0.2, 0) is 4.79 Å². The van der Waals surface area contributed by atoms with Crippen molar-refractivity contribution in [1.82, 2.24) is 5.32 Å². The number of carbonyl (C=O) groups excluding carboxylic acids is 1. The molecule has 0 bridgehead atoms. The van der Waals surface area contributed by atoms with Crippen molar-refractivity contribution >= 4 is 17.5 Å². The van der Waals surface area contributed by atoms with Gasteiger partial charge in [0.05, 0.1) is 0 Å². The van der Waals surface area contributed by atoms with E-state index in [0.717, 1.165) is 19.3 Å². The summed E-state index contributed by atoms with van der Waals surface area (Å²) in [5, 5.41) is 2.87. The Bertz CT molecular complexity index is 293. The van der Waals surface area contributed by atoms with Gasteiger partial charge in [-0.25, -0.2) is 0 Å². The quantitative estimate of drug-likeness (QED) is 0.551. The minimum atomic E-state index is -0.110. The molecule has 0 heterocycles. The van der Waals surface area contributed by atoms with Gasteiger partial charge < -0.3 is 5.32 Å².